The predicted molar refractivity (Wildman–Crippen MR) is 90.7 cm³/mol. The van der Waals surface area contributed by atoms with Crippen molar-refractivity contribution >= 4 is 12.0 Å². The topological polar surface area (TPSA) is 82.5 Å². The number of nitrogens with one attached hydrogen (secondary N) is 1. The highest BCUT2D eigenvalue weighted by Gasteiger charge is 2.19. The lowest BCUT2D eigenvalue weighted by atomic mass is 10.1. The first-order chi connectivity index (χ1) is 11.5. The molecule has 0 saturated heterocycles. The van der Waals surface area contributed by atoms with Crippen LogP contribution < -0.4 is 5.32 Å². The third kappa shape index (κ3) is 4.32. The molecule has 1 heterocycles. The molecule has 1 aromatic heterocycles. The summed E-state index contributed by atoms with van der Waals surface area (Å²) in [5.74, 6) is -0.964. The van der Waals surface area contributed by atoms with Crippen LogP contribution in [0.25, 0.3) is 0 Å². The van der Waals surface area contributed by atoms with Gasteiger partial charge in [-0.2, -0.15) is 0 Å². The number of carbonyl (C=O) groups excluding carboxylic acids is 1. The number of urea groups is 1. The van der Waals surface area contributed by atoms with Crippen LogP contribution in [-0.2, 0) is 6.54 Å². The quantitative estimate of drug-likeness (QED) is 0.854. The molecule has 6 heteroatoms. The average Bonchev–Trinajstić information content (AvgIpc) is 2.61. The van der Waals surface area contributed by atoms with Crippen LogP contribution in [0.1, 0.15) is 40.9 Å². The lowest BCUT2D eigenvalue weighted by Crippen LogP contribution is -2.39. The Kier molecular flexibility index (Phi) is 5.89. The van der Waals surface area contributed by atoms with Gasteiger partial charge in [-0.25, -0.2) is 9.59 Å². The van der Waals surface area contributed by atoms with Crippen molar-refractivity contribution in [3.63, 3.8) is 0 Å². The van der Waals surface area contributed by atoms with Crippen molar-refractivity contribution in [1.29, 1.82) is 0 Å². The number of hydrogen-bond donors (Lipinski definition) is 2. The number of pyridine rings is 1. The fourth-order valence-electron chi connectivity index (χ4n) is 2.53. The van der Waals surface area contributed by atoms with E-state index in [1.165, 1.54) is 12.1 Å². The Morgan fingerprint density at radius 3 is 2.33 bits per heavy atom. The molecule has 2 rings (SSSR count). The van der Waals surface area contributed by atoms with Gasteiger partial charge in [-0.15, -0.1) is 0 Å². The number of nitrogens with zero attached hydrogens (tertiary/aromatic N) is 2. The molecule has 0 bridgehead atoms. The van der Waals surface area contributed by atoms with Crippen molar-refractivity contribution < 1.29 is 14.7 Å². The maximum atomic E-state index is 12.4. The molecular formula is C18H21N3O3. The number of benzene rings is 1. The van der Waals surface area contributed by atoms with Gasteiger partial charge in [-0.05, 0) is 41.8 Å². The summed E-state index contributed by atoms with van der Waals surface area (Å²) in [7, 11) is 1.76. The molecule has 0 aliphatic heterocycles. The Morgan fingerprint density at radius 1 is 1.17 bits per heavy atom. The second-order valence-electron chi connectivity index (χ2n) is 5.48. The number of hydrogen-bond acceptors (Lipinski definition) is 3. The van der Waals surface area contributed by atoms with Gasteiger partial charge < -0.3 is 15.3 Å². The highest BCUT2D eigenvalue weighted by atomic mass is 16.4. The largest absolute Gasteiger partial charge is 0.478 e. The van der Waals surface area contributed by atoms with E-state index in [4.69, 9.17) is 5.11 Å². The minimum Gasteiger partial charge on any atom is -0.478 e. The number of aromatic nitrogens is 1. The number of rotatable bonds is 6. The fourth-order valence-corrected chi connectivity index (χ4v) is 2.53. The Hall–Kier alpha value is -2.89. The highest BCUT2D eigenvalue weighted by molar-refractivity contribution is 5.87. The summed E-state index contributed by atoms with van der Waals surface area (Å²) in [6.45, 7) is 2.37. The molecular weight excluding hydrogens is 306 g/mol. The zero-order chi connectivity index (χ0) is 17.5. The molecule has 1 atom stereocenters. The smallest absolute Gasteiger partial charge is 0.335 e. The molecule has 24 heavy (non-hydrogen) atoms. The van der Waals surface area contributed by atoms with Crippen molar-refractivity contribution in [3.05, 3.63) is 65.5 Å². The number of amides is 2. The molecule has 0 saturated carbocycles. The maximum Gasteiger partial charge on any atom is 0.335 e. The van der Waals surface area contributed by atoms with Crippen LogP contribution in [0.15, 0.2) is 48.8 Å². The van der Waals surface area contributed by atoms with Crippen molar-refractivity contribution in [2.24, 2.45) is 0 Å². The molecule has 2 amide bonds. The molecule has 1 aromatic carbocycles. The number of carbonyl (C=O) groups is 2. The Bertz CT molecular complexity index is 686. The SMILES string of the molecule is CCC(c1ccncc1)N(C)C(=O)NCc1ccc(C(=O)O)cc1. The van der Waals surface area contributed by atoms with E-state index in [9.17, 15) is 9.59 Å². The fraction of sp³-hybridized carbons (Fsp3) is 0.278. The van der Waals surface area contributed by atoms with Gasteiger partial charge in [-0.1, -0.05) is 19.1 Å². The minimum atomic E-state index is -0.964. The highest BCUT2D eigenvalue weighted by Crippen LogP contribution is 2.22. The summed E-state index contributed by atoms with van der Waals surface area (Å²) in [5.41, 5.74) is 2.11. The monoisotopic (exact) mass is 327 g/mol. The van der Waals surface area contributed by atoms with Crippen molar-refractivity contribution in [2.75, 3.05) is 7.05 Å². The Morgan fingerprint density at radius 2 is 1.79 bits per heavy atom. The summed E-state index contributed by atoms with van der Waals surface area (Å²) < 4.78 is 0. The molecule has 1 unspecified atom stereocenters. The van der Waals surface area contributed by atoms with E-state index < -0.39 is 5.97 Å². The lowest BCUT2D eigenvalue weighted by molar-refractivity contribution is 0.0697. The van der Waals surface area contributed by atoms with Gasteiger partial charge in [0.25, 0.3) is 0 Å². The van der Waals surface area contributed by atoms with E-state index in [0.29, 0.717) is 6.54 Å². The molecule has 0 aliphatic rings. The van der Waals surface area contributed by atoms with Gasteiger partial charge in [0.15, 0.2) is 0 Å². The maximum absolute atomic E-state index is 12.4. The molecule has 0 fully saturated rings. The van der Waals surface area contributed by atoms with E-state index in [0.717, 1.165) is 17.5 Å². The molecule has 0 spiro atoms. The van der Waals surface area contributed by atoms with Crippen molar-refractivity contribution in [2.45, 2.75) is 25.9 Å². The van der Waals surface area contributed by atoms with Crippen LogP contribution in [0.4, 0.5) is 4.79 Å². The molecule has 0 aliphatic carbocycles. The number of carboxylic acids is 1. The van der Waals surface area contributed by atoms with Crippen LogP contribution in [0.5, 0.6) is 0 Å². The van der Waals surface area contributed by atoms with Crippen LogP contribution in [-0.4, -0.2) is 34.0 Å². The second-order valence-corrected chi connectivity index (χ2v) is 5.48. The minimum absolute atomic E-state index is 0.0256. The number of aromatic carboxylic acids is 1. The van der Waals surface area contributed by atoms with E-state index in [2.05, 4.69) is 10.3 Å². The molecule has 6 nitrogen and oxygen atoms in total. The van der Waals surface area contributed by atoms with Gasteiger partial charge >= 0.3 is 12.0 Å². The van der Waals surface area contributed by atoms with Gasteiger partial charge in [0.2, 0.25) is 0 Å². The molecule has 2 aromatic rings. The van der Waals surface area contributed by atoms with E-state index in [1.807, 2.05) is 19.1 Å². The van der Waals surface area contributed by atoms with Crippen molar-refractivity contribution in [3.8, 4) is 0 Å². The summed E-state index contributed by atoms with van der Waals surface area (Å²) >= 11 is 0. The summed E-state index contributed by atoms with van der Waals surface area (Å²) in [4.78, 5) is 28.9. The standard InChI is InChI=1S/C18H21N3O3/c1-3-16(14-8-10-19-11-9-14)21(2)18(24)20-12-13-4-6-15(7-5-13)17(22)23/h4-11,16H,3,12H2,1-2H3,(H,20,24)(H,22,23). The van der Waals surface area contributed by atoms with Gasteiger partial charge in [0, 0.05) is 26.0 Å². The summed E-state index contributed by atoms with van der Waals surface area (Å²) in [6, 6.07) is 10.1. The first-order valence-corrected chi connectivity index (χ1v) is 7.75. The van der Waals surface area contributed by atoms with Crippen LogP contribution in [0, 0.1) is 0 Å². The lowest BCUT2D eigenvalue weighted by Gasteiger charge is -2.27. The van der Waals surface area contributed by atoms with Crippen LogP contribution >= 0.6 is 0 Å². The average molecular weight is 327 g/mol. The van der Waals surface area contributed by atoms with E-state index in [1.54, 1.807) is 36.5 Å². The van der Waals surface area contributed by atoms with E-state index >= 15 is 0 Å². The molecule has 2 N–H and O–H groups in total. The van der Waals surface area contributed by atoms with Crippen LogP contribution in [0.3, 0.4) is 0 Å². The van der Waals surface area contributed by atoms with Crippen LogP contribution in [0.2, 0.25) is 0 Å². The first kappa shape index (κ1) is 17.5. The number of carboxylic acid groups (broad SMARTS) is 1. The predicted octanol–water partition coefficient (Wildman–Crippen LogP) is 3.07. The third-order valence-electron chi connectivity index (χ3n) is 3.91. The van der Waals surface area contributed by atoms with Gasteiger partial charge in [-0.3, -0.25) is 4.98 Å². The normalized spacial score (nSPS) is 11.6. The van der Waals surface area contributed by atoms with Gasteiger partial charge in [0.1, 0.15) is 0 Å². The zero-order valence-corrected chi connectivity index (χ0v) is 13.8. The Balaban J connectivity index is 1.97. The zero-order valence-electron chi connectivity index (χ0n) is 13.8. The third-order valence-corrected chi connectivity index (χ3v) is 3.91. The van der Waals surface area contributed by atoms with Gasteiger partial charge in [0.05, 0.1) is 11.6 Å². The molecule has 126 valence electrons. The molecule has 0 radical (unpaired) electrons. The Labute approximate surface area is 141 Å². The first-order valence-electron chi connectivity index (χ1n) is 7.75. The van der Waals surface area contributed by atoms with E-state index in [-0.39, 0.29) is 17.6 Å². The second kappa shape index (κ2) is 8.10. The summed E-state index contributed by atoms with van der Waals surface area (Å²) in [5, 5.41) is 11.7. The summed E-state index contributed by atoms with van der Waals surface area (Å²) in [6.07, 6.45) is 4.22. The van der Waals surface area contributed by atoms with Crippen molar-refractivity contribution in [1.82, 2.24) is 15.2 Å².